The van der Waals surface area contributed by atoms with Gasteiger partial charge >= 0.3 is 6.09 Å². The summed E-state index contributed by atoms with van der Waals surface area (Å²) in [4.78, 5) is 13.4. The maximum Gasteiger partial charge on any atom is 0.410 e. The summed E-state index contributed by atoms with van der Waals surface area (Å²) in [6.07, 6.45) is -1.78. The number of carbonyl (C=O) groups excluding carboxylic acids is 1. The molecule has 1 heterocycles. The van der Waals surface area contributed by atoms with Crippen LogP contribution < -0.4 is 5.73 Å². The highest BCUT2D eigenvalue weighted by Gasteiger charge is 2.42. The molecule has 1 fully saturated rings. The lowest BCUT2D eigenvalue weighted by Gasteiger charge is -2.40. The summed E-state index contributed by atoms with van der Waals surface area (Å²) in [6.45, 7) is 7.44. The molecule has 0 saturated carbocycles. The highest BCUT2D eigenvalue weighted by Crippen LogP contribution is 2.30. The molecule has 112 valence electrons. The van der Waals surface area contributed by atoms with Crippen LogP contribution in [0.15, 0.2) is 0 Å². The number of rotatable bonds is 2. The summed E-state index contributed by atoms with van der Waals surface area (Å²) >= 11 is 0. The van der Waals surface area contributed by atoms with Gasteiger partial charge < -0.3 is 15.4 Å². The monoisotopic (exact) mass is 278 g/mol. The molecule has 2 atom stereocenters. The van der Waals surface area contributed by atoms with Crippen molar-refractivity contribution in [2.45, 2.75) is 58.1 Å². The third-order valence-corrected chi connectivity index (χ3v) is 3.42. The molecule has 0 radical (unpaired) electrons. The summed E-state index contributed by atoms with van der Waals surface area (Å²) < 4.78 is 31.1. The van der Waals surface area contributed by atoms with Crippen LogP contribution in [0.5, 0.6) is 0 Å². The molecule has 6 heteroatoms. The van der Waals surface area contributed by atoms with Gasteiger partial charge in [-0.25, -0.2) is 13.6 Å². The zero-order valence-electron chi connectivity index (χ0n) is 12.1. The Morgan fingerprint density at radius 3 is 2.42 bits per heavy atom. The minimum atomic E-state index is -2.60. The Balaban J connectivity index is 2.67. The average molecular weight is 278 g/mol. The van der Waals surface area contributed by atoms with Gasteiger partial charge in [0.2, 0.25) is 0 Å². The van der Waals surface area contributed by atoms with E-state index in [1.54, 1.807) is 20.8 Å². The van der Waals surface area contributed by atoms with E-state index in [0.29, 0.717) is 19.4 Å². The highest BCUT2D eigenvalue weighted by molar-refractivity contribution is 5.68. The minimum absolute atomic E-state index is 0.228. The number of hydrogen-bond donors (Lipinski definition) is 1. The van der Waals surface area contributed by atoms with Crippen LogP contribution in [0, 0.1) is 5.92 Å². The fourth-order valence-corrected chi connectivity index (χ4v) is 2.16. The Morgan fingerprint density at radius 2 is 1.95 bits per heavy atom. The second kappa shape index (κ2) is 5.61. The van der Waals surface area contributed by atoms with Gasteiger partial charge in [0, 0.05) is 13.1 Å². The van der Waals surface area contributed by atoms with Crippen molar-refractivity contribution in [3.05, 3.63) is 0 Å². The van der Waals surface area contributed by atoms with Crippen LogP contribution in [0.4, 0.5) is 13.6 Å². The van der Waals surface area contributed by atoms with Crippen molar-refractivity contribution >= 4 is 6.09 Å². The van der Waals surface area contributed by atoms with Gasteiger partial charge in [0.1, 0.15) is 5.60 Å². The van der Waals surface area contributed by atoms with Gasteiger partial charge in [-0.2, -0.15) is 0 Å². The number of likely N-dealkylation sites (tertiary alicyclic amines) is 1. The second-order valence-electron chi connectivity index (χ2n) is 6.43. The predicted octanol–water partition coefficient (Wildman–Crippen LogP) is 2.62. The molecule has 19 heavy (non-hydrogen) atoms. The normalized spacial score (nSPS) is 24.2. The summed E-state index contributed by atoms with van der Waals surface area (Å²) in [5.41, 5.74) is 3.54. The fraction of sp³-hybridized carbons (Fsp3) is 0.923. The summed E-state index contributed by atoms with van der Waals surface area (Å²) in [5.74, 6) is -0.409. The largest absolute Gasteiger partial charge is 0.444 e. The number of nitrogens with two attached hydrogens (primary N) is 1. The fourth-order valence-electron chi connectivity index (χ4n) is 2.16. The molecule has 0 spiro atoms. The first-order valence-electron chi connectivity index (χ1n) is 6.59. The van der Waals surface area contributed by atoms with Crippen molar-refractivity contribution in [2.24, 2.45) is 11.7 Å². The SMILES string of the molecule is CC(C)(C)OC(=O)N1CCCC(C(C)(N)C(F)F)C1. The lowest BCUT2D eigenvalue weighted by atomic mass is 9.81. The number of hydrogen-bond acceptors (Lipinski definition) is 3. The third-order valence-electron chi connectivity index (χ3n) is 3.42. The van der Waals surface area contributed by atoms with Gasteiger partial charge in [-0.3, -0.25) is 0 Å². The van der Waals surface area contributed by atoms with E-state index in [2.05, 4.69) is 0 Å². The second-order valence-corrected chi connectivity index (χ2v) is 6.43. The lowest BCUT2D eigenvalue weighted by Crippen LogP contribution is -2.57. The molecule has 0 bridgehead atoms. The maximum atomic E-state index is 12.9. The molecule has 1 saturated heterocycles. The molecule has 1 amide bonds. The lowest BCUT2D eigenvalue weighted by molar-refractivity contribution is -0.0139. The van der Waals surface area contributed by atoms with Crippen LogP contribution in [0.2, 0.25) is 0 Å². The van der Waals surface area contributed by atoms with Crippen molar-refractivity contribution in [3.63, 3.8) is 0 Å². The Morgan fingerprint density at radius 1 is 1.37 bits per heavy atom. The number of piperidine rings is 1. The van der Waals surface area contributed by atoms with Crippen LogP contribution in [-0.2, 0) is 4.74 Å². The van der Waals surface area contributed by atoms with Gasteiger partial charge in [0.25, 0.3) is 6.43 Å². The highest BCUT2D eigenvalue weighted by atomic mass is 19.3. The molecule has 2 unspecified atom stereocenters. The van der Waals surface area contributed by atoms with Crippen LogP contribution >= 0.6 is 0 Å². The van der Waals surface area contributed by atoms with Crippen molar-refractivity contribution in [1.82, 2.24) is 4.90 Å². The maximum absolute atomic E-state index is 12.9. The molecular formula is C13H24F2N2O2. The Bertz CT molecular complexity index is 327. The third kappa shape index (κ3) is 4.30. The van der Waals surface area contributed by atoms with Crippen molar-refractivity contribution in [2.75, 3.05) is 13.1 Å². The molecule has 1 aliphatic heterocycles. The first-order valence-corrected chi connectivity index (χ1v) is 6.59. The molecule has 0 aromatic rings. The van der Waals surface area contributed by atoms with Crippen LogP contribution in [0.25, 0.3) is 0 Å². The Labute approximate surface area is 113 Å². The first kappa shape index (κ1) is 16.1. The standard InChI is InChI=1S/C13H24F2N2O2/c1-12(2,3)19-11(18)17-7-5-6-9(8-17)13(4,16)10(14)15/h9-10H,5-8,16H2,1-4H3. The smallest absolute Gasteiger partial charge is 0.410 e. The van der Waals surface area contributed by atoms with E-state index in [0.717, 1.165) is 0 Å². The summed E-state index contributed by atoms with van der Waals surface area (Å²) in [7, 11) is 0. The van der Waals surface area contributed by atoms with Crippen molar-refractivity contribution in [1.29, 1.82) is 0 Å². The molecule has 4 nitrogen and oxygen atoms in total. The zero-order chi connectivity index (χ0) is 14.8. The van der Waals surface area contributed by atoms with E-state index in [-0.39, 0.29) is 6.54 Å². The number of amides is 1. The molecule has 1 aliphatic rings. The molecule has 0 aliphatic carbocycles. The summed E-state index contributed by atoms with van der Waals surface area (Å²) in [5, 5.41) is 0. The Hall–Kier alpha value is -0.910. The minimum Gasteiger partial charge on any atom is -0.444 e. The van der Waals surface area contributed by atoms with Gasteiger partial charge in [0.05, 0.1) is 5.54 Å². The van der Waals surface area contributed by atoms with E-state index in [9.17, 15) is 13.6 Å². The first-order chi connectivity index (χ1) is 8.54. The van der Waals surface area contributed by atoms with Crippen molar-refractivity contribution in [3.8, 4) is 0 Å². The molecule has 0 aromatic heterocycles. The molecular weight excluding hydrogens is 254 g/mol. The number of alkyl halides is 2. The number of ether oxygens (including phenoxy) is 1. The van der Waals surface area contributed by atoms with E-state index in [1.807, 2.05) is 0 Å². The topological polar surface area (TPSA) is 55.6 Å². The van der Waals surface area contributed by atoms with E-state index in [4.69, 9.17) is 10.5 Å². The Kier molecular flexibility index (Phi) is 4.76. The average Bonchev–Trinajstić information content (AvgIpc) is 2.26. The zero-order valence-corrected chi connectivity index (χ0v) is 12.1. The van der Waals surface area contributed by atoms with Crippen LogP contribution in [-0.4, -0.2) is 41.6 Å². The molecule has 1 rings (SSSR count). The number of carbonyl (C=O) groups is 1. The van der Waals surface area contributed by atoms with Crippen LogP contribution in [0.1, 0.15) is 40.5 Å². The quantitative estimate of drug-likeness (QED) is 0.844. The van der Waals surface area contributed by atoms with Gasteiger partial charge in [-0.1, -0.05) is 0 Å². The van der Waals surface area contributed by atoms with E-state index < -0.39 is 29.6 Å². The summed E-state index contributed by atoms with van der Waals surface area (Å²) in [6, 6.07) is 0. The molecule has 0 aromatic carbocycles. The molecule has 2 N–H and O–H groups in total. The number of halogens is 2. The van der Waals surface area contributed by atoms with E-state index >= 15 is 0 Å². The predicted molar refractivity (Wildman–Crippen MR) is 69.1 cm³/mol. The van der Waals surface area contributed by atoms with Crippen LogP contribution in [0.3, 0.4) is 0 Å². The van der Waals surface area contributed by atoms with Gasteiger partial charge in [-0.05, 0) is 46.5 Å². The van der Waals surface area contributed by atoms with E-state index in [1.165, 1.54) is 11.8 Å². The van der Waals surface area contributed by atoms with Gasteiger partial charge in [0.15, 0.2) is 0 Å². The van der Waals surface area contributed by atoms with Gasteiger partial charge in [-0.15, -0.1) is 0 Å². The van der Waals surface area contributed by atoms with Crippen molar-refractivity contribution < 1.29 is 18.3 Å². The number of nitrogens with zero attached hydrogens (tertiary/aromatic N) is 1.